The molecule has 9 nitrogen and oxygen atoms in total. The molecule has 6 amide bonds. The SMILES string of the molecule is C[C@@H](NC(=O)c1ccccc1NC(=O)CN1C(=O)C(=O)N(Cc2ccccc2)C1=O)c1ccccc1. The third-order valence-electron chi connectivity index (χ3n) is 5.71. The van der Waals surface area contributed by atoms with Crippen LogP contribution in [0, 0.1) is 0 Å². The second-order valence-corrected chi connectivity index (χ2v) is 8.25. The number of anilines is 1. The first-order valence-corrected chi connectivity index (χ1v) is 11.3. The van der Waals surface area contributed by atoms with Gasteiger partial charge in [0.15, 0.2) is 0 Å². The van der Waals surface area contributed by atoms with E-state index in [1.54, 1.807) is 54.6 Å². The van der Waals surface area contributed by atoms with Crippen molar-refractivity contribution < 1.29 is 24.0 Å². The molecule has 1 heterocycles. The van der Waals surface area contributed by atoms with Crippen LogP contribution in [-0.2, 0) is 20.9 Å². The predicted octanol–water partition coefficient (Wildman–Crippen LogP) is 3.11. The van der Waals surface area contributed by atoms with Crippen molar-refractivity contribution in [2.24, 2.45) is 0 Å². The Morgan fingerprint density at radius 3 is 2.06 bits per heavy atom. The van der Waals surface area contributed by atoms with Crippen LogP contribution in [0.15, 0.2) is 84.9 Å². The standard InChI is InChI=1S/C27H24N4O5/c1-18(20-12-6-3-7-13-20)28-24(33)21-14-8-9-15-22(21)29-23(32)17-31-26(35)25(34)30(27(31)36)16-19-10-4-2-5-11-19/h2-15,18H,16-17H2,1H3,(H,28,33)(H,29,32)/t18-/m1/s1. The lowest BCUT2D eigenvalue weighted by molar-refractivity contribution is -0.143. The molecule has 0 saturated carbocycles. The van der Waals surface area contributed by atoms with Gasteiger partial charge in [-0.05, 0) is 30.2 Å². The Bertz CT molecular complexity index is 1310. The Kier molecular flexibility index (Phi) is 7.20. The van der Waals surface area contributed by atoms with Crippen molar-refractivity contribution in [2.45, 2.75) is 19.5 Å². The summed E-state index contributed by atoms with van der Waals surface area (Å²) in [6.45, 7) is 1.10. The number of amides is 6. The van der Waals surface area contributed by atoms with E-state index in [2.05, 4.69) is 10.6 Å². The second-order valence-electron chi connectivity index (χ2n) is 8.25. The van der Waals surface area contributed by atoms with Crippen molar-refractivity contribution in [3.8, 4) is 0 Å². The number of hydrogen-bond acceptors (Lipinski definition) is 5. The number of carbonyl (C=O) groups is 5. The van der Waals surface area contributed by atoms with Crippen molar-refractivity contribution >= 4 is 35.3 Å². The van der Waals surface area contributed by atoms with E-state index < -0.39 is 36.2 Å². The van der Waals surface area contributed by atoms with Gasteiger partial charge < -0.3 is 10.6 Å². The molecule has 1 atom stereocenters. The van der Waals surface area contributed by atoms with Gasteiger partial charge >= 0.3 is 17.8 Å². The van der Waals surface area contributed by atoms with E-state index in [-0.39, 0.29) is 23.8 Å². The van der Waals surface area contributed by atoms with Gasteiger partial charge in [0.1, 0.15) is 6.54 Å². The van der Waals surface area contributed by atoms with Gasteiger partial charge in [-0.15, -0.1) is 0 Å². The smallest absolute Gasteiger partial charge is 0.335 e. The van der Waals surface area contributed by atoms with E-state index in [4.69, 9.17) is 0 Å². The average molecular weight is 485 g/mol. The van der Waals surface area contributed by atoms with E-state index in [1.807, 2.05) is 37.3 Å². The number of benzene rings is 3. The van der Waals surface area contributed by atoms with Gasteiger partial charge in [-0.3, -0.25) is 24.1 Å². The number of rotatable bonds is 8. The molecule has 0 aromatic heterocycles. The lowest BCUT2D eigenvalue weighted by Gasteiger charge is -2.18. The number of imide groups is 2. The summed E-state index contributed by atoms with van der Waals surface area (Å²) >= 11 is 0. The van der Waals surface area contributed by atoms with Crippen LogP contribution in [0.25, 0.3) is 0 Å². The minimum Gasteiger partial charge on any atom is -0.345 e. The fraction of sp³-hybridized carbons (Fsp3) is 0.148. The molecule has 3 aromatic rings. The largest absolute Gasteiger partial charge is 0.345 e. The predicted molar refractivity (Wildman–Crippen MR) is 131 cm³/mol. The highest BCUT2D eigenvalue weighted by Crippen LogP contribution is 2.19. The van der Waals surface area contributed by atoms with Gasteiger partial charge in [0, 0.05) is 0 Å². The van der Waals surface area contributed by atoms with Gasteiger partial charge in [0.25, 0.3) is 5.91 Å². The third-order valence-corrected chi connectivity index (χ3v) is 5.71. The zero-order valence-electron chi connectivity index (χ0n) is 19.5. The monoisotopic (exact) mass is 484 g/mol. The van der Waals surface area contributed by atoms with Crippen LogP contribution in [0.5, 0.6) is 0 Å². The number of hydrogen-bond donors (Lipinski definition) is 2. The molecule has 1 aliphatic heterocycles. The summed E-state index contributed by atoms with van der Waals surface area (Å²) in [6, 6.07) is 23.4. The molecule has 4 rings (SSSR count). The molecule has 1 saturated heterocycles. The van der Waals surface area contributed by atoms with Gasteiger partial charge in [-0.1, -0.05) is 72.8 Å². The maximum atomic E-state index is 12.9. The van der Waals surface area contributed by atoms with E-state index in [0.717, 1.165) is 10.5 Å². The van der Waals surface area contributed by atoms with Gasteiger partial charge in [-0.25, -0.2) is 9.69 Å². The Morgan fingerprint density at radius 1 is 0.778 bits per heavy atom. The van der Waals surface area contributed by atoms with Crippen molar-refractivity contribution in [3.05, 3.63) is 102 Å². The molecule has 0 spiro atoms. The molecule has 36 heavy (non-hydrogen) atoms. The molecule has 182 valence electrons. The van der Waals surface area contributed by atoms with Crippen molar-refractivity contribution in [1.29, 1.82) is 0 Å². The molecule has 1 aliphatic rings. The average Bonchev–Trinajstić information content (AvgIpc) is 3.08. The summed E-state index contributed by atoms with van der Waals surface area (Å²) in [5.41, 5.74) is 2.02. The molecule has 3 aromatic carbocycles. The number of nitrogens with one attached hydrogen (secondary N) is 2. The van der Waals surface area contributed by atoms with Gasteiger partial charge in [-0.2, -0.15) is 0 Å². The van der Waals surface area contributed by atoms with Crippen LogP contribution < -0.4 is 10.6 Å². The molecule has 0 bridgehead atoms. The topological polar surface area (TPSA) is 116 Å². The molecular formula is C27H24N4O5. The lowest BCUT2D eigenvalue weighted by atomic mass is 10.1. The third kappa shape index (κ3) is 5.30. The van der Waals surface area contributed by atoms with Gasteiger partial charge in [0.05, 0.1) is 23.8 Å². The maximum Gasteiger partial charge on any atom is 0.335 e. The van der Waals surface area contributed by atoms with Crippen molar-refractivity contribution in [1.82, 2.24) is 15.1 Å². The van der Waals surface area contributed by atoms with E-state index in [1.165, 1.54) is 0 Å². The number of urea groups is 1. The molecule has 0 aliphatic carbocycles. The quantitative estimate of drug-likeness (QED) is 0.377. The van der Waals surface area contributed by atoms with Gasteiger partial charge in [0.2, 0.25) is 5.91 Å². The molecule has 0 radical (unpaired) electrons. The summed E-state index contributed by atoms with van der Waals surface area (Å²) in [4.78, 5) is 64.5. The molecular weight excluding hydrogens is 460 g/mol. The number of para-hydroxylation sites is 1. The first-order chi connectivity index (χ1) is 17.3. The summed E-state index contributed by atoms with van der Waals surface area (Å²) < 4.78 is 0. The van der Waals surface area contributed by atoms with Crippen LogP contribution in [-0.4, -0.2) is 46.0 Å². The van der Waals surface area contributed by atoms with Crippen molar-refractivity contribution in [2.75, 3.05) is 11.9 Å². The Hall–Kier alpha value is -4.79. The first-order valence-electron chi connectivity index (χ1n) is 11.3. The molecule has 2 N–H and O–H groups in total. The van der Waals surface area contributed by atoms with Crippen LogP contribution in [0.3, 0.4) is 0 Å². The zero-order valence-corrected chi connectivity index (χ0v) is 19.5. The highest BCUT2D eigenvalue weighted by Gasteiger charge is 2.45. The molecule has 9 heteroatoms. The fourth-order valence-electron chi connectivity index (χ4n) is 3.82. The van der Waals surface area contributed by atoms with E-state index >= 15 is 0 Å². The Morgan fingerprint density at radius 2 is 1.36 bits per heavy atom. The highest BCUT2D eigenvalue weighted by molar-refractivity contribution is 6.45. The summed E-state index contributed by atoms with van der Waals surface area (Å²) in [6.07, 6.45) is 0. The highest BCUT2D eigenvalue weighted by atomic mass is 16.2. The van der Waals surface area contributed by atoms with Crippen LogP contribution >= 0.6 is 0 Å². The number of nitrogens with zero attached hydrogens (tertiary/aromatic N) is 2. The Balaban J connectivity index is 1.42. The molecule has 1 fully saturated rings. The summed E-state index contributed by atoms with van der Waals surface area (Å²) in [5.74, 6) is -3.19. The number of carbonyl (C=O) groups excluding carboxylic acids is 5. The summed E-state index contributed by atoms with van der Waals surface area (Å²) in [5, 5.41) is 5.46. The minimum atomic E-state index is -1.08. The minimum absolute atomic E-state index is 0.0784. The fourth-order valence-corrected chi connectivity index (χ4v) is 3.82. The maximum absolute atomic E-state index is 12.9. The van der Waals surface area contributed by atoms with E-state index in [9.17, 15) is 24.0 Å². The zero-order chi connectivity index (χ0) is 25.7. The van der Waals surface area contributed by atoms with Crippen LogP contribution in [0.4, 0.5) is 10.5 Å². The molecule has 0 unspecified atom stereocenters. The summed E-state index contributed by atoms with van der Waals surface area (Å²) in [7, 11) is 0. The lowest BCUT2D eigenvalue weighted by Crippen LogP contribution is -2.39. The normalized spacial score (nSPS) is 14.1. The Labute approximate surface area is 207 Å². The van der Waals surface area contributed by atoms with E-state index in [0.29, 0.717) is 10.5 Å². The van der Waals surface area contributed by atoms with Crippen LogP contribution in [0.1, 0.15) is 34.5 Å². The van der Waals surface area contributed by atoms with Crippen LogP contribution in [0.2, 0.25) is 0 Å². The first kappa shape index (κ1) is 24.3. The van der Waals surface area contributed by atoms with Crippen molar-refractivity contribution in [3.63, 3.8) is 0 Å². The second kappa shape index (κ2) is 10.6.